The number of nitrogens with one attached hydrogen (secondary N) is 1. The van der Waals surface area contributed by atoms with Crippen LogP contribution in [0.15, 0.2) is 22.6 Å². The van der Waals surface area contributed by atoms with Crippen molar-refractivity contribution in [2.45, 2.75) is 12.8 Å². The lowest BCUT2D eigenvalue weighted by atomic mass is 10.3. The number of aromatic nitrogens is 1. The summed E-state index contributed by atoms with van der Waals surface area (Å²) < 4.78 is 5.45. The van der Waals surface area contributed by atoms with Crippen molar-refractivity contribution in [2.24, 2.45) is 0 Å². The SMILES string of the molecule is CN(C)CCCCNc1nc2c([N+](=O)[O-])cccc2o1. The van der Waals surface area contributed by atoms with E-state index < -0.39 is 4.92 Å². The molecule has 1 aromatic heterocycles. The summed E-state index contributed by atoms with van der Waals surface area (Å²) in [5.74, 6) is 0. The number of nitro benzene ring substituents is 1. The van der Waals surface area contributed by atoms with Crippen molar-refractivity contribution in [3.63, 3.8) is 0 Å². The molecule has 1 heterocycles. The second-order valence-corrected chi connectivity index (χ2v) is 4.84. The van der Waals surface area contributed by atoms with E-state index in [2.05, 4.69) is 15.2 Å². The molecule has 0 aliphatic carbocycles. The molecule has 1 N–H and O–H groups in total. The highest BCUT2D eigenvalue weighted by molar-refractivity contribution is 5.83. The molecule has 0 spiro atoms. The monoisotopic (exact) mass is 278 g/mol. The van der Waals surface area contributed by atoms with E-state index in [0.29, 0.717) is 11.6 Å². The van der Waals surface area contributed by atoms with Crippen LogP contribution in [0.2, 0.25) is 0 Å². The smallest absolute Gasteiger partial charge is 0.298 e. The maximum Gasteiger partial charge on any atom is 0.298 e. The van der Waals surface area contributed by atoms with E-state index in [1.807, 2.05) is 14.1 Å². The molecule has 0 aliphatic rings. The molecule has 0 unspecified atom stereocenters. The summed E-state index contributed by atoms with van der Waals surface area (Å²) in [4.78, 5) is 16.7. The standard InChI is InChI=1S/C13H18N4O3/c1-16(2)9-4-3-8-14-13-15-12-10(17(18)19)6-5-7-11(12)20-13/h5-7H,3-4,8-9H2,1-2H3,(H,14,15). The fourth-order valence-corrected chi connectivity index (χ4v) is 1.91. The Hall–Kier alpha value is -2.15. The molecule has 0 aliphatic heterocycles. The van der Waals surface area contributed by atoms with E-state index in [9.17, 15) is 10.1 Å². The fraction of sp³-hybridized carbons (Fsp3) is 0.462. The van der Waals surface area contributed by atoms with Crippen LogP contribution >= 0.6 is 0 Å². The first kappa shape index (κ1) is 14.3. The minimum Gasteiger partial charge on any atom is -0.423 e. The number of oxazole rings is 1. The van der Waals surface area contributed by atoms with Gasteiger partial charge >= 0.3 is 0 Å². The average Bonchev–Trinajstić information content (AvgIpc) is 2.80. The lowest BCUT2D eigenvalue weighted by Crippen LogP contribution is -2.14. The zero-order valence-electron chi connectivity index (χ0n) is 11.6. The van der Waals surface area contributed by atoms with Crippen molar-refractivity contribution in [3.05, 3.63) is 28.3 Å². The van der Waals surface area contributed by atoms with Crippen LogP contribution in [0, 0.1) is 10.1 Å². The van der Waals surface area contributed by atoms with Crippen LogP contribution in [-0.4, -0.2) is 42.0 Å². The van der Waals surface area contributed by atoms with Crippen molar-refractivity contribution in [3.8, 4) is 0 Å². The second-order valence-electron chi connectivity index (χ2n) is 4.84. The van der Waals surface area contributed by atoms with E-state index >= 15 is 0 Å². The highest BCUT2D eigenvalue weighted by atomic mass is 16.6. The summed E-state index contributed by atoms with van der Waals surface area (Å²) in [6.45, 7) is 1.76. The largest absolute Gasteiger partial charge is 0.423 e. The summed E-state index contributed by atoms with van der Waals surface area (Å²) in [5, 5.41) is 13.9. The molecule has 0 atom stereocenters. The van der Waals surface area contributed by atoms with E-state index in [1.165, 1.54) is 6.07 Å². The number of rotatable bonds is 7. The fourth-order valence-electron chi connectivity index (χ4n) is 1.91. The first-order valence-corrected chi connectivity index (χ1v) is 6.50. The van der Waals surface area contributed by atoms with E-state index in [-0.39, 0.29) is 11.2 Å². The Morgan fingerprint density at radius 2 is 2.20 bits per heavy atom. The normalized spacial score (nSPS) is 11.2. The molecule has 1 aromatic carbocycles. The lowest BCUT2D eigenvalue weighted by Gasteiger charge is -2.08. The molecule has 0 saturated carbocycles. The Morgan fingerprint density at radius 3 is 2.90 bits per heavy atom. The van der Waals surface area contributed by atoms with Gasteiger partial charge in [0.05, 0.1) is 4.92 Å². The predicted molar refractivity (Wildman–Crippen MR) is 76.9 cm³/mol. The van der Waals surface area contributed by atoms with Gasteiger partial charge in [0.1, 0.15) is 0 Å². The van der Waals surface area contributed by atoms with Crippen LogP contribution in [-0.2, 0) is 0 Å². The second kappa shape index (κ2) is 6.33. The average molecular weight is 278 g/mol. The van der Waals surface area contributed by atoms with Gasteiger partial charge in [-0.3, -0.25) is 10.1 Å². The van der Waals surface area contributed by atoms with Crippen LogP contribution < -0.4 is 5.32 Å². The number of hydrogen-bond donors (Lipinski definition) is 1. The summed E-state index contributed by atoms with van der Waals surface area (Å²) in [5.41, 5.74) is 0.676. The van der Waals surface area contributed by atoms with Gasteiger partial charge in [-0.05, 0) is 39.5 Å². The molecular formula is C13H18N4O3. The van der Waals surface area contributed by atoms with Gasteiger partial charge in [0.2, 0.25) is 0 Å². The zero-order valence-corrected chi connectivity index (χ0v) is 11.6. The third-order valence-corrected chi connectivity index (χ3v) is 2.90. The molecule has 20 heavy (non-hydrogen) atoms. The Morgan fingerprint density at radius 1 is 1.40 bits per heavy atom. The summed E-state index contributed by atoms with van der Waals surface area (Å²) in [7, 11) is 4.07. The van der Waals surface area contributed by atoms with Gasteiger partial charge in [-0.25, -0.2) is 0 Å². The van der Waals surface area contributed by atoms with Crippen molar-refractivity contribution < 1.29 is 9.34 Å². The molecule has 0 radical (unpaired) electrons. The Labute approximate surface area is 116 Å². The third kappa shape index (κ3) is 3.45. The molecule has 108 valence electrons. The van der Waals surface area contributed by atoms with Gasteiger partial charge in [-0.15, -0.1) is 0 Å². The van der Waals surface area contributed by atoms with Crippen LogP contribution in [0.25, 0.3) is 11.1 Å². The van der Waals surface area contributed by atoms with E-state index in [0.717, 1.165) is 25.9 Å². The quantitative estimate of drug-likeness (QED) is 0.476. The maximum atomic E-state index is 10.9. The van der Waals surface area contributed by atoms with Crippen molar-refractivity contribution >= 4 is 22.8 Å². The predicted octanol–water partition coefficient (Wildman–Crippen LogP) is 2.49. The minimum atomic E-state index is -0.453. The Balaban J connectivity index is 1.98. The van der Waals surface area contributed by atoms with Crippen LogP contribution in [0.4, 0.5) is 11.7 Å². The summed E-state index contributed by atoms with van der Waals surface area (Å²) in [6.07, 6.45) is 2.05. The van der Waals surface area contributed by atoms with Gasteiger partial charge < -0.3 is 14.6 Å². The number of hydrogen-bond acceptors (Lipinski definition) is 6. The van der Waals surface area contributed by atoms with E-state index in [4.69, 9.17) is 4.42 Å². The van der Waals surface area contributed by atoms with Crippen LogP contribution in [0.1, 0.15) is 12.8 Å². The topological polar surface area (TPSA) is 84.4 Å². The molecular weight excluding hydrogens is 260 g/mol. The summed E-state index contributed by atoms with van der Waals surface area (Å²) >= 11 is 0. The van der Waals surface area contributed by atoms with Crippen LogP contribution in [0.5, 0.6) is 0 Å². The van der Waals surface area contributed by atoms with Gasteiger partial charge in [-0.2, -0.15) is 4.98 Å². The van der Waals surface area contributed by atoms with Crippen LogP contribution in [0.3, 0.4) is 0 Å². The molecule has 0 amide bonds. The van der Waals surface area contributed by atoms with Crippen molar-refractivity contribution in [1.29, 1.82) is 0 Å². The molecule has 7 heteroatoms. The van der Waals surface area contributed by atoms with Crippen molar-refractivity contribution in [1.82, 2.24) is 9.88 Å². The van der Waals surface area contributed by atoms with Gasteiger partial charge in [0, 0.05) is 12.6 Å². The minimum absolute atomic E-state index is 0.0353. The number of anilines is 1. The number of benzene rings is 1. The first-order chi connectivity index (χ1) is 9.58. The highest BCUT2D eigenvalue weighted by Gasteiger charge is 2.16. The first-order valence-electron chi connectivity index (χ1n) is 6.50. The Bertz CT molecular complexity index is 594. The zero-order chi connectivity index (χ0) is 14.5. The molecule has 0 saturated heterocycles. The highest BCUT2D eigenvalue weighted by Crippen LogP contribution is 2.27. The third-order valence-electron chi connectivity index (χ3n) is 2.90. The molecule has 7 nitrogen and oxygen atoms in total. The number of non-ortho nitro benzene ring substituents is 1. The number of nitro groups is 1. The molecule has 2 rings (SSSR count). The number of fused-ring (bicyclic) bond motifs is 1. The maximum absolute atomic E-state index is 10.9. The number of nitrogens with zero attached hydrogens (tertiary/aromatic N) is 3. The number of unbranched alkanes of at least 4 members (excludes halogenated alkanes) is 1. The van der Waals surface area contributed by atoms with Gasteiger partial charge in [0.15, 0.2) is 11.1 Å². The van der Waals surface area contributed by atoms with E-state index in [1.54, 1.807) is 12.1 Å². The molecule has 2 aromatic rings. The molecule has 0 fully saturated rings. The number of para-hydroxylation sites is 1. The van der Waals surface area contributed by atoms with Gasteiger partial charge in [0.25, 0.3) is 11.7 Å². The van der Waals surface area contributed by atoms with Gasteiger partial charge in [-0.1, -0.05) is 6.07 Å². The Kier molecular flexibility index (Phi) is 4.52. The lowest BCUT2D eigenvalue weighted by molar-refractivity contribution is -0.383. The summed E-state index contributed by atoms with van der Waals surface area (Å²) in [6, 6.07) is 5.02. The van der Waals surface area contributed by atoms with Crippen molar-refractivity contribution in [2.75, 3.05) is 32.5 Å². The molecule has 0 bridgehead atoms.